The first kappa shape index (κ1) is 19.9. The molecule has 24 heavy (non-hydrogen) atoms. The Morgan fingerprint density at radius 1 is 1.25 bits per heavy atom. The Morgan fingerprint density at radius 2 is 1.96 bits per heavy atom. The molecule has 0 saturated carbocycles. The summed E-state index contributed by atoms with van der Waals surface area (Å²) in [5, 5.41) is 19.1. The van der Waals surface area contributed by atoms with Gasteiger partial charge in [0, 0.05) is 6.08 Å². The van der Waals surface area contributed by atoms with Crippen molar-refractivity contribution < 1.29 is 24.5 Å². The highest BCUT2D eigenvalue weighted by molar-refractivity contribution is 5.82. The van der Waals surface area contributed by atoms with E-state index < -0.39 is 6.10 Å². The predicted octanol–water partition coefficient (Wildman–Crippen LogP) is 2.79. The van der Waals surface area contributed by atoms with Gasteiger partial charge in [-0.2, -0.15) is 0 Å². The monoisotopic (exact) mass is 334 g/mol. The Hall–Kier alpha value is -2.11. The van der Waals surface area contributed by atoms with Crippen LogP contribution < -0.4 is 4.74 Å². The van der Waals surface area contributed by atoms with Crippen molar-refractivity contribution >= 4 is 5.97 Å². The molecule has 1 rings (SSSR count). The van der Waals surface area contributed by atoms with E-state index in [1.165, 1.54) is 6.08 Å². The van der Waals surface area contributed by atoms with E-state index in [4.69, 9.17) is 14.6 Å². The van der Waals surface area contributed by atoms with Crippen molar-refractivity contribution in [2.75, 3.05) is 19.8 Å². The van der Waals surface area contributed by atoms with E-state index in [9.17, 15) is 9.90 Å². The Labute approximate surface area is 143 Å². The topological polar surface area (TPSA) is 76.0 Å². The van der Waals surface area contributed by atoms with Crippen LogP contribution in [0.15, 0.2) is 48.6 Å². The van der Waals surface area contributed by atoms with Gasteiger partial charge >= 0.3 is 5.97 Å². The number of ether oxygens (including phenoxy) is 2. The number of aliphatic hydroxyl groups excluding tert-OH is 2. The van der Waals surface area contributed by atoms with Gasteiger partial charge in [0.2, 0.25) is 0 Å². The van der Waals surface area contributed by atoms with Gasteiger partial charge in [0.25, 0.3) is 0 Å². The number of hydrogen-bond acceptors (Lipinski definition) is 5. The van der Waals surface area contributed by atoms with E-state index in [0.717, 1.165) is 5.56 Å². The third kappa shape index (κ3) is 7.44. The van der Waals surface area contributed by atoms with E-state index in [2.05, 4.69) is 0 Å². The SMILES string of the molecule is CCOC(=O)/C=C/C=C/C[C@H](C)[C@@H](O)c1ccc(OCCO)cc1. The van der Waals surface area contributed by atoms with E-state index in [1.54, 1.807) is 31.2 Å². The minimum atomic E-state index is -0.587. The summed E-state index contributed by atoms with van der Waals surface area (Å²) >= 11 is 0. The lowest BCUT2D eigenvalue weighted by molar-refractivity contribution is -0.137. The lowest BCUT2D eigenvalue weighted by Crippen LogP contribution is -2.08. The molecule has 2 N–H and O–H groups in total. The average molecular weight is 334 g/mol. The summed E-state index contributed by atoms with van der Waals surface area (Å²) in [6, 6.07) is 7.19. The molecule has 1 aromatic rings. The van der Waals surface area contributed by atoms with Crippen molar-refractivity contribution in [3.63, 3.8) is 0 Å². The molecule has 0 fully saturated rings. The number of hydrogen-bond donors (Lipinski definition) is 2. The van der Waals surface area contributed by atoms with Gasteiger partial charge < -0.3 is 19.7 Å². The van der Waals surface area contributed by atoms with Crippen molar-refractivity contribution in [2.45, 2.75) is 26.4 Å². The third-order valence-electron chi connectivity index (χ3n) is 3.39. The van der Waals surface area contributed by atoms with E-state index >= 15 is 0 Å². The van der Waals surface area contributed by atoms with E-state index in [1.807, 2.05) is 25.1 Å². The van der Waals surface area contributed by atoms with Crippen molar-refractivity contribution in [1.82, 2.24) is 0 Å². The molecule has 0 aliphatic carbocycles. The molecule has 0 bridgehead atoms. The lowest BCUT2D eigenvalue weighted by atomic mass is 9.94. The number of carbonyl (C=O) groups excluding carboxylic acids is 1. The standard InChI is InChI=1S/C19H26O5/c1-3-23-18(21)8-6-4-5-7-15(2)19(22)16-9-11-17(12-10-16)24-14-13-20/h4-6,8-12,15,19-20,22H,3,7,13-14H2,1-2H3/b5-4+,8-6+/t15-,19+/m0/s1. The largest absolute Gasteiger partial charge is 0.491 e. The smallest absolute Gasteiger partial charge is 0.330 e. The second-order valence-electron chi connectivity index (χ2n) is 5.34. The molecule has 5 heteroatoms. The summed E-state index contributed by atoms with van der Waals surface area (Å²) in [6.45, 7) is 4.30. The number of aliphatic hydroxyl groups is 2. The molecule has 5 nitrogen and oxygen atoms in total. The lowest BCUT2D eigenvalue weighted by Gasteiger charge is -2.18. The number of carbonyl (C=O) groups is 1. The summed E-state index contributed by atoms with van der Waals surface area (Å²) in [5.74, 6) is 0.330. The van der Waals surface area contributed by atoms with Crippen LogP contribution in [-0.4, -0.2) is 36.0 Å². The van der Waals surface area contributed by atoms with E-state index in [0.29, 0.717) is 18.8 Å². The van der Waals surface area contributed by atoms with Crippen LogP contribution >= 0.6 is 0 Å². The van der Waals surface area contributed by atoms with Crippen LogP contribution in [0.25, 0.3) is 0 Å². The second-order valence-corrected chi connectivity index (χ2v) is 5.34. The first-order valence-corrected chi connectivity index (χ1v) is 8.10. The van der Waals surface area contributed by atoms with Gasteiger partial charge in [-0.25, -0.2) is 4.79 Å². The van der Waals surface area contributed by atoms with Crippen LogP contribution in [0.3, 0.4) is 0 Å². The first-order chi connectivity index (χ1) is 11.6. The van der Waals surface area contributed by atoms with Crippen LogP contribution in [0.1, 0.15) is 31.9 Å². The van der Waals surface area contributed by atoms with Crippen LogP contribution in [0.4, 0.5) is 0 Å². The number of rotatable bonds is 10. The predicted molar refractivity (Wildman–Crippen MR) is 92.7 cm³/mol. The zero-order chi connectivity index (χ0) is 17.8. The van der Waals surface area contributed by atoms with Gasteiger partial charge in [-0.1, -0.05) is 37.3 Å². The zero-order valence-corrected chi connectivity index (χ0v) is 14.2. The number of benzene rings is 1. The molecule has 0 saturated heterocycles. The maximum Gasteiger partial charge on any atom is 0.330 e. The van der Waals surface area contributed by atoms with E-state index in [-0.39, 0.29) is 25.1 Å². The average Bonchev–Trinajstić information content (AvgIpc) is 2.59. The third-order valence-corrected chi connectivity index (χ3v) is 3.39. The quantitative estimate of drug-likeness (QED) is 0.391. The highest BCUT2D eigenvalue weighted by Gasteiger charge is 2.15. The van der Waals surface area contributed by atoms with Crippen LogP contribution in [0.5, 0.6) is 5.75 Å². The fraction of sp³-hybridized carbons (Fsp3) is 0.421. The summed E-state index contributed by atoms with van der Waals surface area (Å²) in [7, 11) is 0. The van der Waals surface area contributed by atoms with Gasteiger partial charge in [0.15, 0.2) is 0 Å². The van der Waals surface area contributed by atoms with Crippen molar-refractivity contribution in [3.8, 4) is 5.75 Å². The molecule has 132 valence electrons. The molecule has 0 aliphatic heterocycles. The molecule has 0 unspecified atom stereocenters. The van der Waals surface area contributed by atoms with Gasteiger partial charge in [-0.05, 0) is 37.0 Å². The molecule has 1 aromatic carbocycles. The minimum absolute atomic E-state index is 0.0291. The summed E-state index contributed by atoms with van der Waals surface area (Å²) < 4.78 is 10.1. The fourth-order valence-electron chi connectivity index (χ4n) is 2.08. The molecular weight excluding hydrogens is 308 g/mol. The zero-order valence-electron chi connectivity index (χ0n) is 14.2. The summed E-state index contributed by atoms with van der Waals surface area (Å²) in [5.41, 5.74) is 0.814. The van der Waals surface area contributed by atoms with Crippen molar-refractivity contribution in [1.29, 1.82) is 0 Å². The van der Waals surface area contributed by atoms with Gasteiger partial charge in [0.05, 0.1) is 19.3 Å². The molecule has 0 amide bonds. The molecular formula is C19H26O5. The molecule has 0 aromatic heterocycles. The maximum atomic E-state index is 11.1. The normalized spacial score (nSPS) is 14.0. The second kappa shape index (κ2) is 11.4. The molecule has 0 radical (unpaired) electrons. The van der Waals surface area contributed by atoms with Crippen LogP contribution in [0.2, 0.25) is 0 Å². The van der Waals surface area contributed by atoms with Gasteiger partial charge in [-0.3, -0.25) is 0 Å². The summed E-state index contributed by atoms with van der Waals surface area (Å²) in [6.07, 6.45) is 6.76. The Morgan fingerprint density at radius 3 is 2.58 bits per heavy atom. The Kier molecular flexibility index (Phi) is 9.49. The first-order valence-electron chi connectivity index (χ1n) is 8.10. The van der Waals surface area contributed by atoms with Crippen LogP contribution in [-0.2, 0) is 9.53 Å². The maximum absolute atomic E-state index is 11.1. The van der Waals surface area contributed by atoms with Crippen LogP contribution in [0, 0.1) is 5.92 Å². The minimum Gasteiger partial charge on any atom is -0.491 e. The highest BCUT2D eigenvalue weighted by atomic mass is 16.5. The molecule has 0 heterocycles. The number of allylic oxidation sites excluding steroid dienone is 3. The number of esters is 1. The molecule has 2 atom stereocenters. The van der Waals surface area contributed by atoms with Gasteiger partial charge in [0.1, 0.15) is 12.4 Å². The molecule has 0 aliphatic rings. The Balaban J connectivity index is 2.46. The fourth-order valence-corrected chi connectivity index (χ4v) is 2.08. The van der Waals surface area contributed by atoms with Crippen molar-refractivity contribution in [2.24, 2.45) is 5.92 Å². The summed E-state index contributed by atoms with van der Waals surface area (Å²) in [4.78, 5) is 11.1. The van der Waals surface area contributed by atoms with Gasteiger partial charge in [-0.15, -0.1) is 0 Å². The molecule has 0 spiro atoms. The Bertz CT molecular complexity index is 533. The van der Waals surface area contributed by atoms with Crippen molar-refractivity contribution in [3.05, 3.63) is 54.1 Å². The highest BCUT2D eigenvalue weighted by Crippen LogP contribution is 2.26.